The molecule has 21 heavy (non-hydrogen) atoms. The molecule has 0 aliphatic rings. The van der Waals surface area contributed by atoms with Gasteiger partial charge in [-0.15, -0.1) is 0 Å². The fourth-order valence-electron chi connectivity index (χ4n) is 2.64. The van der Waals surface area contributed by atoms with Crippen LogP contribution in [0.1, 0.15) is 79.1 Å². The van der Waals surface area contributed by atoms with Crippen molar-refractivity contribution < 1.29 is 14.3 Å². The Balaban J connectivity index is 0. The van der Waals surface area contributed by atoms with Crippen molar-refractivity contribution in [3.05, 3.63) is 0 Å². The van der Waals surface area contributed by atoms with E-state index in [-0.39, 0.29) is 0 Å². The largest absolute Gasteiger partial charge is 0.808 e. The molecule has 0 heterocycles. The third-order valence-corrected chi connectivity index (χ3v) is 3.94. The van der Waals surface area contributed by atoms with Gasteiger partial charge in [-0.3, -0.25) is 0 Å². The van der Waals surface area contributed by atoms with E-state index in [0.717, 1.165) is 0 Å². The predicted molar refractivity (Wildman–Crippen MR) is 94.4 cm³/mol. The van der Waals surface area contributed by atoms with Gasteiger partial charge in [0.15, 0.2) is 0 Å². The highest BCUT2D eigenvalue weighted by atomic mass is 31.2. The summed E-state index contributed by atoms with van der Waals surface area (Å²) in [7, 11) is -1.87. The first-order valence-corrected chi connectivity index (χ1v) is 10.6. The maximum absolute atomic E-state index is 9.15. The summed E-state index contributed by atoms with van der Waals surface area (Å²) in [5.74, 6) is 0. The summed E-state index contributed by atoms with van der Waals surface area (Å²) >= 11 is 0. The lowest BCUT2D eigenvalue weighted by molar-refractivity contribution is -0.929. The predicted octanol–water partition coefficient (Wildman–Crippen LogP) is 4.28. The first-order valence-electron chi connectivity index (χ1n) is 8.92. The van der Waals surface area contributed by atoms with Crippen LogP contribution in [0, 0.1) is 0 Å². The van der Waals surface area contributed by atoms with Crippen LogP contribution in [0.5, 0.6) is 0 Å². The number of quaternary nitrogens is 1. The van der Waals surface area contributed by atoms with Crippen LogP contribution >= 0.6 is 8.38 Å². The van der Waals surface area contributed by atoms with Gasteiger partial charge in [0.1, 0.15) is 0 Å². The van der Waals surface area contributed by atoms with Crippen molar-refractivity contribution in [2.75, 3.05) is 32.8 Å². The molecule has 3 nitrogen and oxygen atoms in total. The van der Waals surface area contributed by atoms with Gasteiger partial charge in [0.2, 0.25) is 0 Å². The van der Waals surface area contributed by atoms with Gasteiger partial charge in [0, 0.05) is 0 Å². The zero-order valence-electron chi connectivity index (χ0n) is 15.2. The fourth-order valence-corrected chi connectivity index (χ4v) is 2.64. The Morgan fingerprint density at radius 1 is 0.714 bits per heavy atom. The van der Waals surface area contributed by atoms with Crippen LogP contribution in [0.3, 0.4) is 0 Å². The van der Waals surface area contributed by atoms with E-state index in [1.165, 1.54) is 88.7 Å². The molecule has 1 N–H and O–H groups in total. The van der Waals surface area contributed by atoms with Crippen LogP contribution in [0.25, 0.3) is 0 Å². The number of unbranched alkanes of at least 4 members (excludes halogenated alkanes) is 4. The average Bonchev–Trinajstić information content (AvgIpc) is 2.45. The Morgan fingerprint density at radius 2 is 0.905 bits per heavy atom. The summed E-state index contributed by atoms with van der Waals surface area (Å²) in [6.45, 7) is 16.2. The van der Waals surface area contributed by atoms with Crippen molar-refractivity contribution >= 4 is 8.38 Å². The fraction of sp³-hybridized carbons (Fsp3) is 1.00. The molecule has 4 heteroatoms. The topological polar surface area (TPSA) is 43.3 Å². The summed E-state index contributed by atoms with van der Waals surface area (Å²) in [4.78, 5) is 16.7. The van der Waals surface area contributed by atoms with Gasteiger partial charge >= 0.3 is 0 Å². The van der Waals surface area contributed by atoms with Gasteiger partial charge in [0.25, 0.3) is 0 Å². The molecule has 0 spiro atoms. The van der Waals surface area contributed by atoms with Crippen molar-refractivity contribution in [1.29, 1.82) is 0 Å². The van der Waals surface area contributed by atoms with Gasteiger partial charge in [-0.05, 0) is 32.3 Å². The van der Waals surface area contributed by atoms with Gasteiger partial charge in [-0.25, -0.2) is 0 Å². The highest BCUT2D eigenvalue weighted by Gasteiger charge is 2.24. The van der Waals surface area contributed by atoms with Crippen LogP contribution < -0.4 is 4.89 Å². The molecule has 1 atom stereocenters. The van der Waals surface area contributed by atoms with Gasteiger partial charge < -0.3 is 14.3 Å². The summed E-state index contributed by atoms with van der Waals surface area (Å²) in [6, 6.07) is 0. The van der Waals surface area contributed by atoms with Crippen LogP contribution in [-0.4, -0.2) is 42.2 Å². The normalized spacial score (nSPS) is 12.7. The highest BCUT2D eigenvalue weighted by molar-refractivity contribution is 7.42. The Hall–Kier alpha value is 0.310. The van der Waals surface area contributed by atoms with E-state index in [2.05, 4.69) is 27.7 Å². The van der Waals surface area contributed by atoms with Crippen molar-refractivity contribution in [2.24, 2.45) is 0 Å². The summed E-state index contributed by atoms with van der Waals surface area (Å²) < 4.78 is 1.42. The second kappa shape index (κ2) is 16.7. The molecular weight excluding hydrogens is 281 g/mol. The Kier molecular flexibility index (Phi) is 18.7. The standard InChI is InChI=1S/C16H36N.CH4O2P/c1-5-9-13-17(14-10-6-2,15-11-7-3)16-12-8-4;1-4(2)3/h5-16H2,1-4H3;2H,1H3/q+1;-1. The number of nitrogens with zero attached hydrogens (tertiary/aromatic N) is 1. The molecule has 0 saturated carbocycles. The third kappa shape index (κ3) is 16.5. The molecular formula is C17H40NO2P. The van der Waals surface area contributed by atoms with Gasteiger partial charge in [-0.2, -0.15) is 0 Å². The first-order chi connectivity index (χ1) is 9.97. The van der Waals surface area contributed by atoms with Crippen molar-refractivity contribution in [3.8, 4) is 0 Å². The van der Waals surface area contributed by atoms with Crippen LogP contribution in [0.15, 0.2) is 0 Å². The molecule has 1 unspecified atom stereocenters. The zero-order valence-corrected chi connectivity index (χ0v) is 16.1. The van der Waals surface area contributed by atoms with E-state index in [1.807, 2.05) is 0 Å². The molecule has 0 radical (unpaired) electrons. The number of hydrogen-bond acceptors (Lipinski definition) is 2. The molecule has 0 bridgehead atoms. The van der Waals surface area contributed by atoms with Crippen LogP contribution in [-0.2, 0) is 0 Å². The van der Waals surface area contributed by atoms with Gasteiger partial charge in [0.05, 0.1) is 26.2 Å². The molecule has 0 aromatic rings. The van der Waals surface area contributed by atoms with E-state index in [9.17, 15) is 0 Å². The minimum atomic E-state index is -1.87. The SMILES string of the molecule is CCCC[N+](CCCC)(CCCC)CCCC.CP([O-])O. The smallest absolute Gasteiger partial charge is 0.0786 e. The summed E-state index contributed by atoms with van der Waals surface area (Å²) in [5.41, 5.74) is 0. The van der Waals surface area contributed by atoms with E-state index >= 15 is 0 Å². The highest BCUT2D eigenvalue weighted by Crippen LogP contribution is 2.16. The molecule has 0 fully saturated rings. The third-order valence-electron chi connectivity index (χ3n) is 3.94. The average molecular weight is 321 g/mol. The number of hydrogen-bond donors (Lipinski definition) is 1. The molecule has 0 aromatic carbocycles. The van der Waals surface area contributed by atoms with Crippen LogP contribution in [0.4, 0.5) is 0 Å². The summed E-state index contributed by atoms with van der Waals surface area (Å²) in [6.07, 6.45) is 11.1. The minimum Gasteiger partial charge on any atom is -0.808 e. The van der Waals surface area contributed by atoms with Crippen molar-refractivity contribution in [1.82, 2.24) is 0 Å². The van der Waals surface area contributed by atoms with E-state index in [0.29, 0.717) is 0 Å². The summed E-state index contributed by atoms with van der Waals surface area (Å²) in [5, 5.41) is 0. The molecule has 0 aromatic heterocycles. The molecule has 0 rings (SSSR count). The maximum Gasteiger partial charge on any atom is 0.0786 e. The lowest BCUT2D eigenvalue weighted by Gasteiger charge is -2.39. The van der Waals surface area contributed by atoms with Crippen molar-refractivity contribution in [3.63, 3.8) is 0 Å². The van der Waals surface area contributed by atoms with E-state index in [4.69, 9.17) is 9.79 Å². The molecule has 0 aliphatic heterocycles. The van der Waals surface area contributed by atoms with Crippen LogP contribution in [0.2, 0.25) is 0 Å². The second-order valence-corrected chi connectivity index (χ2v) is 7.04. The first kappa shape index (κ1) is 23.6. The Labute approximate surface area is 135 Å². The lowest BCUT2D eigenvalue weighted by Crippen LogP contribution is -2.50. The molecule has 0 saturated heterocycles. The zero-order chi connectivity index (χ0) is 16.6. The number of rotatable bonds is 12. The van der Waals surface area contributed by atoms with E-state index < -0.39 is 8.38 Å². The molecule has 0 aliphatic carbocycles. The maximum atomic E-state index is 9.15. The Morgan fingerprint density at radius 3 is 1.05 bits per heavy atom. The quantitative estimate of drug-likeness (QED) is 0.430. The lowest BCUT2D eigenvalue weighted by atomic mass is 10.1. The van der Waals surface area contributed by atoms with E-state index in [1.54, 1.807) is 0 Å². The monoisotopic (exact) mass is 321 g/mol. The van der Waals surface area contributed by atoms with Gasteiger partial charge in [-0.1, -0.05) is 61.8 Å². The Bertz CT molecular complexity index is 161. The molecule has 0 amide bonds. The van der Waals surface area contributed by atoms with Crippen molar-refractivity contribution in [2.45, 2.75) is 79.1 Å². The second-order valence-electron chi connectivity index (χ2n) is 6.11. The minimum absolute atomic E-state index is 1.23. The molecule has 130 valence electrons.